The molecule has 2 atom stereocenters. The lowest BCUT2D eigenvalue weighted by atomic mass is 9.78. The summed E-state index contributed by atoms with van der Waals surface area (Å²) in [5.74, 6) is 0.209. The molecule has 0 radical (unpaired) electrons. The second kappa shape index (κ2) is 7.46. The fourth-order valence-corrected chi connectivity index (χ4v) is 5.66. The van der Waals surface area contributed by atoms with Crippen LogP contribution in [0.1, 0.15) is 44.6 Å². The molecule has 6 heteroatoms. The van der Waals surface area contributed by atoms with Gasteiger partial charge in [-0.1, -0.05) is 37.0 Å². The van der Waals surface area contributed by atoms with Crippen LogP contribution in [0.3, 0.4) is 0 Å². The smallest absolute Gasteiger partial charge is 0.302 e. The van der Waals surface area contributed by atoms with Crippen molar-refractivity contribution in [1.29, 1.82) is 0 Å². The fourth-order valence-electron chi connectivity index (χ4n) is 4.17. The maximum Gasteiger partial charge on any atom is 0.302 e. The van der Waals surface area contributed by atoms with Crippen LogP contribution in [0.5, 0.6) is 0 Å². The van der Waals surface area contributed by atoms with Crippen LogP contribution in [0.15, 0.2) is 29.2 Å². The number of esters is 1. The SMILES string of the molecule is CC(=O)O[C@@H]1CN(S(=O)(=O)c2ccc(C)cc2)C[C@H]1C1CCCCC1. The highest BCUT2D eigenvalue weighted by Crippen LogP contribution is 2.38. The summed E-state index contributed by atoms with van der Waals surface area (Å²) in [6.45, 7) is 4.03. The number of sulfonamides is 1. The molecule has 1 aliphatic carbocycles. The van der Waals surface area contributed by atoms with Gasteiger partial charge in [-0.25, -0.2) is 8.42 Å². The molecule has 1 aromatic carbocycles. The third-order valence-corrected chi connectivity index (χ3v) is 7.35. The Bertz CT molecular complexity index is 707. The Morgan fingerprint density at radius 2 is 1.72 bits per heavy atom. The van der Waals surface area contributed by atoms with Gasteiger partial charge in [-0.15, -0.1) is 0 Å². The molecule has 1 heterocycles. The highest BCUT2D eigenvalue weighted by molar-refractivity contribution is 7.89. The van der Waals surface area contributed by atoms with Gasteiger partial charge in [-0.2, -0.15) is 4.31 Å². The first-order valence-corrected chi connectivity index (χ1v) is 10.6. The minimum Gasteiger partial charge on any atom is -0.461 e. The monoisotopic (exact) mass is 365 g/mol. The van der Waals surface area contributed by atoms with Crippen molar-refractivity contribution in [1.82, 2.24) is 4.31 Å². The lowest BCUT2D eigenvalue weighted by Gasteiger charge is -2.30. The average molecular weight is 365 g/mol. The number of aryl methyl sites for hydroxylation is 1. The van der Waals surface area contributed by atoms with Crippen LogP contribution in [0, 0.1) is 18.8 Å². The van der Waals surface area contributed by atoms with Gasteiger partial charge in [-0.05, 0) is 37.8 Å². The van der Waals surface area contributed by atoms with Crippen molar-refractivity contribution in [3.05, 3.63) is 29.8 Å². The van der Waals surface area contributed by atoms with Gasteiger partial charge >= 0.3 is 5.97 Å². The topological polar surface area (TPSA) is 63.7 Å². The minimum absolute atomic E-state index is 0.101. The molecular formula is C19H27NO4S. The third kappa shape index (κ3) is 4.06. The van der Waals surface area contributed by atoms with E-state index in [4.69, 9.17) is 4.74 Å². The normalized spacial score (nSPS) is 25.8. The molecule has 138 valence electrons. The van der Waals surface area contributed by atoms with Crippen molar-refractivity contribution < 1.29 is 17.9 Å². The second-order valence-corrected chi connectivity index (χ2v) is 9.28. The van der Waals surface area contributed by atoms with Gasteiger partial charge in [0.1, 0.15) is 6.10 Å². The van der Waals surface area contributed by atoms with E-state index < -0.39 is 10.0 Å². The highest BCUT2D eigenvalue weighted by atomic mass is 32.2. The van der Waals surface area contributed by atoms with E-state index in [1.165, 1.54) is 30.5 Å². The van der Waals surface area contributed by atoms with Gasteiger partial charge in [0, 0.05) is 19.4 Å². The molecule has 0 N–H and O–H groups in total. The van der Waals surface area contributed by atoms with Gasteiger partial charge in [0.25, 0.3) is 0 Å². The van der Waals surface area contributed by atoms with Crippen molar-refractivity contribution in [2.45, 2.75) is 57.0 Å². The molecule has 3 rings (SSSR count). The van der Waals surface area contributed by atoms with E-state index in [1.54, 1.807) is 12.1 Å². The maximum atomic E-state index is 13.0. The summed E-state index contributed by atoms with van der Waals surface area (Å²) < 4.78 is 33.0. The van der Waals surface area contributed by atoms with E-state index in [-0.39, 0.29) is 24.5 Å². The van der Waals surface area contributed by atoms with E-state index in [1.807, 2.05) is 19.1 Å². The van der Waals surface area contributed by atoms with Crippen molar-refractivity contribution in [3.63, 3.8) is 0 Å². The number of hydrogen-bond donors (Lipinski definition) is 0. The highest BCUT2D eigenvalue weighted by Gasteiger charge is 2.44. The van der Waals surface area contributed by atoms with Crippen LogP contribution in [0.25, 0.3) is 0 Å². The summed E-state index contributed by atoms with van der Waals surface area (Å²) in [7, 11) is -3.55. The molecule has 25 heavy (non-hydrogen) atoms. The van der Waals surface area contributed by atoms with Crippen LogP contribution >= 0.6 is 0 Å². The van der Waals surface area contributed by atoms with Gasteiger partial charge < -0.3 is 4.74 Å². The number of carbonyl (C=O) groups excluding carboxylic acids is 1. The fraction of sp³-hybridized carbons (Fsp3) is 0.632. The van der Waals surface area contributed by atoms with E-state index in [2.05, 4.69) is 0 Å². The zero-order valence-corrected chi connectivity index (χ0v) is 15.8. The third-order valence-electron chi connectivity index (χ3n) is 5.51. The van der Waals surface area contributed by atoms with E-state index in [0.29, 0.717) is 17.4 Å². The number of nitrogens with zero attached hydrogens (tertiary/aromatic N) is 1. The standard InChI is InChI=1S/C19H27NO4S/c1-14-8-10-17(11-9-14)25(22,23)20-12-18(16-6-4-3-5-7-16)19(13-20)24-15(2)21/h8-11,16,18-19H,3-7,12-13H2,1-2H3/t18-,19+/m0/s1. The Morgan fingerprint density at radius 1 is 1.08 bits per heavy atom. The zero-order valence-electron chi connectivity index (χ0n) is 15.0. The molecule has 0 amide bonds. The van der Waals surface area contributed by atoms with Gasteiger partial charge in [0.2, 0.25) is 10.0 Å². The maximum absolute atomic E-state index is 13.0. The van der Waals surface area contributed by atoms with Gasteiger partial charge in [0.05, 0.1) is 11.4 Å². The number of rotatable bonds is 4. The molecular weight excluding hydrogens is 338 g/mol. The van der Waals surface area contributed by atoms with Crippen LogP contribution in [-0.4, -0.2) is 37.9 Å². The first kappa shape index (κ1) is 18.4. The molecule has 0 unspecified atom stereocenters. The lowest BCUT2D eigenvalue weighted by molar-refractivity contribution is -0.148. The summed E-state index contributed by atoms with van der Waals surface area (Å²) in [5.41, 5.74) is 1.03. The molecule has 2 aliphatic rings. The predicted molar refractivity (Wildman–Crippen MR) is 95.6 cm³/mol. The molecule has 0 spiro atoms. The Labute approximate surface area is 150 Å². The summed E-state index contributed by atoms with van der Waals surface area (Å²) in [6, 6.07) is 6.93. The predicted octanol–water partition coefficient (Wildman–Crippen LogP) is 3.13. The van der Waals surface area contributed by atoms with Crippen LogP contribution < -0.4 is 0 Å². The van der Waals surface area contributed by atoms with Crippen molar-refractivity contribution in [2.75, 3.05) is 13.1 Å². The van der Waals surface area contributed by atoms with Crippen molar-refractivity contribution in [2.24, 2.45) is 11.8 Å². The molecule has 0 bridgehead atoms. The number of benzene rings is 1. The Morgan fingerprint density at radius 3 is 2.32 bits per heavy atom. The van der Waals surface area contributed by atoms with Crippen LogP contribution in [0.4, 0.5) is 0 Å². The molecule has 0 aromatic heterocycles. The summed E-state index contributed by atoms with van der Waals surface area (Å²) in [6.07, 6.45) is 5.46. The van der Waals surface area contributed by atoms with Crippen LogP contribution in [0.2, 0.25) is 0 Å². The van der Waals surface area contributed by atoms with E-state index in [0.717, 1.165) is 18.4 Å². The first-order valence-electron chi connectivity index (χ1n) is 9.12. The largest absolute Gasteiger partial charge is 0.461 e. The molecule has 1 aliphatic heterocycles. The van der Waals surface area contributed by atoms with Crippen molar-refractivity contribution in [3.8, 4) is 0 Å². The van der Waals surface area contributed by atoms with E-state index in [9.17, 15) is 13.2 Å². The average Bonchev–Trinajstić information content (AvgIpc) is 3.00. The molecule has 2 fully saturated rings. The minimum atomic E-state index is -3.55. The number of carbonyl (C=O) groups is 1. The van der Waals surface area contributed by atoms with Gasteiger partial charge in [0.15, 0.2) is 0 Å². The summed E-state index contributed by atoms with van der Waals surface area (Å²) in [4.78, 5) is 11.8. The summed E-state index contributed by atoms with van der Waals surface area (Å²) in [5, 5.41) is 0. The Hall–Kier alpha value is -1.40. The van der Waals surface area contributed by atoms with E-state index >= 15 is 0 Å². The van der Waals surface area contributed by atoms with Crippen LogP contribution in [-0.2, 0) is 19.6 Å². The van der Waals surface area contributed by atoms with Crippen molar-refractivity contribution >= 4 is 16.0 Å². The molecule has 1 saturated carbocycles. The van der Waals surface area contributed by atoms with Gasteiger partial charge in [-0.3, -0.25) is 4.79 Å². The molecule has 1 aromatic rings. The Kier molecular flexibility index (Phi) is 5.49. The number of ether oxygens (including phenoxy) is 1. The Balaban J connectivity index is 1.82. The zero-order chi connectivity index (χ0) is 18.0. The second-order valence-electron chi connectivity index (χ2n) is 7.34. The number of hydrogen-bond acceptors (Lipinski definition) is 4. The lowest BCUT2D eigenvalue weighted by Crippen LogP contribution is -2.31. The summed E-state index contributed by atoms with van der Waals surface area (Å²) >= 11 is 0. The first-order chi connectivity index (χ1) is 11.9. The molecule has 5 nitrogen and oxygen atoms in total. The molecule has 1 saturated heterocycles. The quantitative estimate of drug-likeness (QED) is 0.769.